The average molecular weight is 260 g/mol. The molecule has 0 aliphatic rings. The highest BCUT2D eigenvalue weighted by atomic mass is 32.1. The Bertz CT molecular complexity index is 574. The van der Waals surface area contributed by atoms with E-state index in [9.17, 15) is 4.79 Å². The summed E-state index contributed by atoms with van der Waals surface area (Å²) in [5, 5.41) is 22.3. The first kappa shape index (κ1) is 12.0. The van der Waals surface area contributed by atoms with E-state index < -0.39 is 12.0 Å². The number of nitrogens with zero attached hydrogens (tertiary/aromatic N) is 3. The summed E-state index contributed by atoms with van der Waals surface area (Å²) in [6.07, 6.45) is 2.62. The van der Waals surface area contributed by atoms with E-state index in [0.29, 0.717) is 10.7 Å². The highest BCUT2D eigenvalue weighted by Gasteiger charge is 2.21. The second kappa shape index (κ2) is 5.25. The lowest BCUT2D eigenvalue weighted by Gasteiger charge is -2.12. The second-order valence-corrected chi connectivity index (χ2v) is 4.31. The van der Waals surface area contributed by atoms with Crippen LogP contribution in [0.15, 0.2) is 29.9 Å². The van der Waals surface area contributed by atoms with Crippen molar-refractivity contribution in [2.45, 2.75) is 6.04 Å². The number of thiophene rings is 1. The first-order valence-corrected chi connectivity index (χ1v) is 5.83. The number of hydrogen-bond donors (Lipinski definition) is 2. The Labute approximate surface area is 107 Å². The lowest BCUT2D eigenvalue weighted by atomic mass is 10.2. The third-order valence-corrected chi connectivity index (χ3v) is 3.07. The Morgan fingerprint density at radius 3 is 2.83 bits per heavy atom. The van der Waals surface area contributed by atoms with Crippen LogP contribution in [-0.4, -0.2) is 21.0 Å². The predicted molar refractivity (Wildman–Crippen MR) is 65.1 cm³/mol. The molecule has 2 heterocycles. The van der Waals surface area contributed by atoms with Crippen molar-refractivity contribution in [3.05, 3.63) is 40.5 Å². The first-order chi connectivity index (χ1) is 8.70. The Morgan fingerprint density at radius 2 is 2.33 bits per heavy atom. The van der Waals surface area contributed by atoms with Crippen LogP contribution in [0.5, 0.6) is 0 Å². The summed E-state index contributed by atoms with van der Waals surface area (Å²) >= 11 is 1.34. The topological polar surface area (TPSA) is 98.9 Å². The number of carbonyl (C=O) groups is 1. The summed E-state index contributed by atoms with van der Waals surface area (Å²) in [5.74, 6) is -0.682. The largest absolute Gasteiger partial charge is 0.479 e. The molecule has 0 fully saturated rings. The molecule has 0 amide bonds. The minimum atomic E-state index is -0.997. The molecule has 0 aromatic carbocycles. The molecule has 2 aromatic rings. The van der Waals surface area contributed by atoms with Gasteiger partial charge < -0.3 is 10.4 Å². The smallest absolute Gasteiger partial charge is 0.331 e. The van der Waals surface area contributed by atoms with Crippen LogP contribution in [0.4, 0.5) is 5.82 Å². The molecule has 2 aromatic heterocycles. The summed E-state index contributed by atoms with van der Waals surface area (Å²) in [5.41, 5.74) is 0.184. The maximum absolute atomic E-state index is 11.2. The zero-order valence-electron chi connectivity index (χ0n) is 9.07. The third-order valence-electron chi connectivity index (χ3n) is 2.13. The van der Waals surface area contributed by atoms with E-state index in [-0.39, 0.29) is 5.69 Å². The van der Waals surface area contributed by atoms with Gasteiger partial charge in [-0.15, -0.1) is 11.3 Å². The minimum Gasteiger partial charge on any atom is -0.479 e. The molecular formula is C11H8N4O2S. The normalized spacial score (nSPS) is 11.5. The zero-order valence-corrected chi connectivity index (χ0v) is 9.89. The van der Waals surface area contributed by atoms with Crippen molar-refractivity contribution >= 4 is 23.1 Å². The summed E-state index contributed by atoms with van der Waals surface area (Å²) in [4.78, 5) is 19.6. The van der Waals surface area contributed by atoms with Gasteiger partial charge in [0.2, 0.25) is 0 Å². The van der Waals surface area contributed by atoms with Crippen molar-refractivity contribution in [1.82, 2.24) is 9.97 Å². The molecule has 7 heteroatoms. The Balaban J connectivity index is 2.19. The van der Waals surface area contributed by atoms with Gasteiger partial charge in [0.15, 0.2) is 11.7 Å². The number of nitrogens with one attached hydrogen (secondary N) is 1. The predicted octanol–water partition coefficient (Wildman–Crippen LogP) is 1.65. The summed E-state index contributed by atoms with van der Waals surface area (Å²) in [6.45, 7) is 0. The number of aliphatic carboxylic acids is 1. The number of rotatable bonds is 4. The zero-order chi connectivity index (χ0) is 13.0. The van der Waals surface area contributed by atoms with E-state index in [0.717, 1.165) is 0 Å². The van der Waals surface area contributed by atoms with Gasteiger partial charge in [0.25, 0.3) is 0 Å². The number of anilines is 1. The van der Waals surface area contributed by atoms with Crippen LogP contribution >= 0.6 is 11.3 Å². The van der Waals surface area contributed by atoms with Crippen molar-refractivity contribution in [3.8, 4) is 6.07 Å². The van der Waals surface area contributed by atoms with E-state index in [1.165, 1.54) is 23.7 Å². The van der Waals surface area contributed by atoms with Gasteiger partial charge >= 0.3 is 5.97 Å². The van der Waals surface area contributed by atoms with Crippen LogP contribution in [0.25, 0.3) is 0 Å². The van der Waals surface area contributed by atoms with Crippen molar-refractivity contribution < 1.29 is 9.90 Å². The van der Waals surface area contributed by atoms with Gasteiger partial charge in [-0.05, 0) is 11.4 Å². The Hall–Kier alpha value is -2.46. The molecule has 1 atom stereocenters. The number of hydrogen-bond acceptors (Lipinski definition) is 6. The molecule has 2 N–H and O–H groups in total. The van der Waals surface area contributed by atoms with E-state index in [1.54, 1.807) is 17.5 Å². The maximum Gasteiger partial charge on any atom is 0.331 e. The Morgan fingerprint density at radius 1 is 1.50 bits per heavy atom. The summed E-state index contributed by atoms with van der Waals surface area (Å²) < 4.78 is 0. The van der Waals surface area contributed by atoms with E-state index in [1.807, 2.05) is 6.07 Å². The number of carboxylic acids is 1. The van der Waals surface area contributed by atoms with E-state index >= 15 is 0 Å². The minimum absolute atomic E-state index is 0.184. The van der Waals surface area contributed by atoms with Crippen molar-refractivity contribution in [1.29, 1.82) is 5.26 Å². The fourth-order valence-electron chi connectivity index (χ4n) is 1.32. The third kappa shape index (κ3) is 2.61. The molecule has 1 unspecified atom stereocenters. The number of aromatic nitrogens is 2. The lowest BCUT2D eigenvalue weighted by Crippen LogP contribution is -2.20. The highest BCUT2D eigenvalue weighted by Crippen LogP contribution is 2.22. The van der Waals surface area contributed by atoms with Crippen LogP contribution < -0.4 is 5.32 Å². The van der Waals surface area contributed by atoms with Gasteiger partial charge in [0.05, 0.1) is 12.4 Å². The molecule has 0 saturated carbocycles. The lowest BCUT2D eigenvalue weighted by molar-refractivity contribution is -0.138. The van der Waals surface area contributed by atoms with Crippen LogP contribution in [0.1, 0.15) is 16.6 Å². The highest BCUT2D eigenvalue weighted by molar-refractivity contribution is 7.10. The average Bonchev–Trinajstić information content (AvgIpc) is 2.90. The van der Waals surface area contributed by atoms with Crippen LogP contribution in [0.3, 0.4) is 0 Å². The van der Waals surface area contributed by atoms with Gasteiger partial charge in [-0.3, -0.25) is 0 Å². The van der Waals surface area contributed by atoms with Gasteiger partial charge in [-0.25, -0.2) is 14.8 Å². The van der Waals surface area contributed by atoms with Gasteiger partial charge in [-0.1, -0.05) is 6.07 Å². The van der Waals surface area contributed by atoms with E-state index in [4.69, 9.17) is 10.4 Å². The number of carboxylic acid groups (broad SMARTS) is 1. The molecule has 0 saturated heterocycles. The standard InChI is InChI=1S/C11H8N4O2S/c12-4-7-5-14-9(6-13-7)15-10(11(16)17)8-2-1-3-18-8/h1-3,5-6,10H,(H,14,15)(H,16,17). The molecule has 0 aliphatic heterocycles. The monoisotopic (exact) mass is 260 g/mol. The maximum atomic E-state index is 11.2. The SMILES string of the molecule is N#Cc1cnc(NC(C(=O)O)c2cccs2)cn1. The fraction of sp³-hybridized carbons (Fsp3) is 0.0909. The van der Waals surface area contributed by atoms with Crippen LogP contribution in [0, 0.1) is 11.3 Å². The molecule has 6 nitrogen and oxygen atoms in total. The first-order valence-electron chi connectivity index (χ1n) is 4.95. The van der Waals surface area contributed by atoms with Crippen LogP contribution in [-0.2, 0) is 4.79 Å². The molecule has 0 bridgehead atoms. The van der Waals surface area contributed by atoms with Crippen molar-refractivity contribution in [2.24, 2.45) is 0 Å². The van der Waals surface area contributed by atoms with Crippen molar-refractivity contribution in [3.63, 3.8) is 0 Å². The summed E-state index contributed by atoms with van der Waals surface area (Å²) in [7, 11) is 0. The van der Waals surface area contributed by atoms with Gasteiger partial charge in [-0.2, -0.15) is 5.26 Å². The summed E-state index contributed by atoms with van der Waals surface area (Å²) in [6, 6.07) is 4.48. The molecule has 0 spiro atoms. The molecule has 18 heavy (non-hydrogen) atoms. The fourth-order valence-corrected chi connectivity index (χ4v) is 2.09. The second-order valence-electron chi connectivity index (χ2n) is 3.33. The van der Waals surface area contributed by atoms with E-state index in [2.05, 4.69) is 15.3 Å². The Kier molecular flexibility index (Phi) is 3.50. The van der Waals surface area contributed by atoms with Gasteiger partial charge in [0.1, 0.15) is 11.9 Å². The quantitative estimate of drug-likeness (QED) is 0.867. The molecule has 0 aliphatic carbocycles. The molecule has 90 valence electrons. The molecule has 0 radical (unpaired) electrons. The number of nitriles is 1. The van der Waals surface area contributed by atoms with Crippen LogP contribution in [0.2, 0.25) is 0 Å². The molecule has 2 rings (SSSR count). The van der Waals surface area contributed by atoms with Crippen molar-refractivity contribution in [2.75, 3.05) is 5.32 Å². The van der Waals surface area contributed by atoms with Gasteiger partial charge in [0, 0.05) is 4.88 Å². The molecular weight excluding hydrogens is 252 g/mol.